The molecule has 19 heavy (non-hydrogen) atoms. The van der Waals surface area contributed by atoms with Crippen molar-refractivity contribution in [3.63, 3.8) is 0 Å². The van der Waals surface area contributed by atoms with Crippen molar-refractivity contribution < 1.29 is 8.42 Å². The molecule has 1 fully saturated rings. The van der Waals surface area contributed by atoms with Crippen molar-refractivity contribution in [2.45, 2.75) is 37.5 Å². The lowest BCUT2D eigenvalue weighted by molar-refractivity contribution is 0.449. The molecule has 0 radical (unpaired) electrons. The lowest BCUT2D eigenvalue weighted by atomic mass is 10.0. The van der Waals surface area contributed by atoms with Gasteiger partial charge in [-0.2, -0.15) is 0 Å². The summed E-state index contributed by atoms with van der Waals surface area (Å²) in [6.45, 7) is 2.63. The van der Waals surface area contributed by atoms with Crippen LogP contribution in [0.1, 0.15) is 32.6 Å². The summed E-state index contributed by atoms with van der Waals surface area (Å²) in [5.74, 6) is 0.406. The maximum Gasteiger partial charge on any atom is 0.243 e. The highest BCUT2D eigenvalue weighted by molar-refractivity contribution is 7.89. The molecular weight excluding hydrogens is 264 g/mol. The van der Waals surface area contributed by atoms with Crippen LogP contribution in [0.2, 0.25) is 0 Å². The summed E-state index contributed by atoms with van der Waals surface area (Å²) in [6, 6.07) is 0. The second-order valence-electron chi connectivity index (χ2n) is 5.07. The van der Waals surface area contributed by atoms with Crippen LogP contribution in [0.15, 0.2) is 17.3 Å². The molecule has 0 amide bonds. The van der Waals surface area contributed by atoms with Crippen LogP contribution in [0, 0.1) is 5.41 Å². The molecule has 2 rings (SSSR count). The minimum Gasteiger partial charge on any atom is -0.357 e. The average molecular weight is 284 g/mol. The monoisotopic (exact) mass is 284 g/mol. The zero-order chi connectivity index (χ0) is 13.9. The van der Waals surface area contributed by atoms with Crippen LogP contribution in [0.4, 0.5) is 5.95 Å². The van der Waals surface area contributed by atoms with Gasteiger partial charge in [0.05, 0.1) is 12.4 Å². The SMILES string of the molecule is CCCC1(CNS(=O)(=O)c2cnc(NC)nc2)CC1. The Morgan fingerprint density at radius 2 is 1.95 bits per heavy atom. The number of hydrogen-bond donors (Lipinski definition) is 2. The van der Waals surface area contributed by atoms with Crippen LogP contribution in [-0.2, 0) is 10.0 Å². The van der Waals surface area contributed by atoms with Gasteiger partial charge in [-0.25, -0.2) is 23.1 Å². The molecule has 1 aliphatic carbocycles. The fourth-order valence-electron chi connectivity index (χ4n) is 2.14. The van der Waals surface area contributed by atoms with Crippen molar-refractivity contribution in [2.75, 3.05) is 18.9 Å². The summed E-state index contributed by atoms with van der Waals surface area (Å²) >= 11 is 0. The van der Waals surface area contributed by atoms with E-state index in [9.17, 15) is 8.42 Å². The molecule has 106 valence electrons. The van der Waals surface area contributed by atoms with E-state index in [1.165, 1.54) is 12.4 Å². The predicted molar refractivity (Wildman–Crippen MR) is 73.3 cm³/mol. The van der Waals surface area contributed by atoms with Gasteiger partial charge in [0.25, 0.3) is 0 Å². The first kappa shape index (κ1) is 14.2. The number of sulfonamides is 1. The van der Waals surface area contributed by atoms with Crippen LogP contribution >= 0.6 is 0 Å². The van der Waals surface area contributed by atoms with E-state index in [1.807, 2.05) is 0 Å². The Kier molecular flexibility index (Phi) is 4.05. The Balaban J connectivity index is 2.01. The lowest BCUT2D eigenvalue weighted by Gasteiger charge is -2.14. The smallest absolute Gasteiger partial charge is 0.243 e. The summed E-state index contributed by atoms with van der Waals surface area (Å²) in [5.41, 5.74) is 0.188. The summed E-state index contributed by atoms with van der Waals surface area (Å²) in [6.07, 6.45) is 7.02. The molecule has 0 aliphatic heterocycles. The quantitative estimate of drug-likeness (QED) is 0.790. The van der Waals surface area contributed by atoms with E-state index < -0.39 is 10.0 Å². The van der Waals surface area contributed by atoms with Crippen LogP contribution in [0.3, 0.4) is 0 Å². The first-order valence-electron chi connectivity index (χ1n) is 6.51. The molecule has 2 N–H and O–H groups in total. The van der Waals surface area contributed by atoms with Crippen LogP contribution in [0.5, 0.6) is 0 Å². The fraction of sp³-hybridized carbons (Fsp3) is 0.667. The Hall–Kier alpha value is -1.21. The van der Waals surface area contributed by atoms with Crippen LogP contribution in [-0.4, -0.2) is 32.0 Å². The molecule has 1 aromatic heterocycles. The van der Waals surface area contributed by atoms with Gasteiger partial charge in [0.15, 0.2) is 0 Å². The number of rotatable bonds is 7. The van der Waals surface area contributed by atoms with E-state index >= 15 is 0 Å². The van der Waals surface area contributed by atoms with Gasteiger partial charge in [0.2, 0.25) is 16.0 Å². The van der Waals surface area contributed by atoms with Crippen LogP contribution in [0.25, 0.3) is 0 Å². The molecule has 0 saturated heterocycles. The zero-order valence-electron chi connectivity index (χ0n) is 11.3. The Morgan fingerprint density at radius 3 is 2.42 bits per heavy atom. The summed E-state index contributed by atoms with van der Waals surface area (Å²) in [5, 5.41) is 2.75. The predicted octanol–water partition coefficient (Wildman–Crippen LogP) is 1.38. The van der Waals surface area contributed by atoms with Crippen molar-refractivity contribution in [1.29, 1.82) is 0 Å². The molecule has 1 aromatic rings. The second-order valence-corrected chi connectivity index (χ2v) is 6.83. The van der Waals surface area contributed by atoms with E-state index in [0.717, 1.165) is 25.7 Å². The maximum absolute atomic E-state index is 12.1. The topological polar surface area (TPSA) is 84.0 Å². The van der Waals surface area contributed by atoms with Crippen molar-refractivity contribution in [3.8, 4) is 0 Å². The summed E-state index contributed by atoms with van der Waals surface area (Å²) in [4.78, 5) is 7.95. The highest BCUT2D eigenvalue weighted by Gasteiger charge is 2.42. The molecule has 6 nitrogen and oxygen atoms in total. The first-order chi connectivity index (χ1) is 9.01. The van der Waals surface area contributed by atoms with Crippen molar-refractivity contribution >= 4 is 16.0 Å². The van der Waals surface area contributed by atoms with Gasteiger partial charge in [-0.05, 0) is 24.7 Å². The van der Waals surface area contributed by atoms with E-state index in [4.69, 9.17) is 0 Å². The molecule has 0 aromatic carbocycles. The van der Waals surface area contributed by atoms with Gasteiger partial charge in [-0.15, -0.1) is 0 Å². The lowest BCUT2D eigenvalue weighted by Crippen LogP contribution is -2.30. The largest absolute Gasteiger partial charge is 0.357 e. The van der Waals surface area contributed by atoms with E-state index in [-0.39, 0.29) is 10.3 Å². The molecular formula is C12H20N4O2S. The second kappa shape index (κ2) is 5.42. The number of nitrogens with one attached hydrogen (secondary N) is 2. The standard InChI is InChI=1S/C12H20N4O2S/c1-3-4-12(5-6-12)9-16-19(17,18)10-7-14-11(13-2)15-8-10/h7-8,16H,3-6,9H2,1-2H3,(H,13,14,15). The third kappa shape index (κ3) is 3.42. The zero-order valence-corrected chi connectivity index (χ0v) is 12.1. The molecule has 0 unspecified atom stereocenters. The average Bonchev–Trinajstić information content (AvgIpc) is 3.18. The van der Waals surface area contributed by atoms with E-state index in [2.05, 4.69) is 26.9 Å². The number of aromatic nitrogens is 2. The number of anilines is 1. The van der Waals surface area contributed by atoms with E-state index in [1.54, 1.807) is 7.05 Å². The normalized spacial score (nSPS) is 17.2. The minimum atomic E-state index is -3.50. The number of hydrogen-bond acceptors (Lipinski definition) is 5. The molecule has 1 aliphatic rings. The summed E-state index contributed by atoms with van der Waals surface area (Å²) in [7, 11) is -1.82. The van der Waals surface area contributed by atoms with E-state index in [0.29, 0.717) is 12.5 Å². The summed E-state index contributed by atoms with van der Waals surface area (Å²) < 4.78 is 26.9. The van der Waals surface area contributed by atoms with Gasteiger partial charge in [0.1, 0.15) is 4.90 Å². The van der Waals surface area contributed by atoms with Crippen molar-refractivity contribution in [3.05, 3.63) is 12.4 Å². The highest BCUT2D eigenvalue weighted by atomic mass is 32.2. The Bertz CT molecular complexity index is 523. The third-order valence-corrected chi connectivity index (χ3v) is 4.89. The molecule has 0 bridgehead atoms. The van der Waals surface area contributed by atoms with Crippen molar-refractivity contribution in [1.82, 2.24) is 14.7 Å². The maximum atomic E-state index is 12.1. The molecule has 1 heterocycles. The van der Waals surface area contributed by atoms with Gasteiger partial charge < -0.3 is 5.32 Å². The van der Waals surface area contributed by atoms with Crippen LogP contribution < -0.4 is 10.0 Å². The minimum absolute atomic E-state index is 0.110. The fourth-order valence-corrected chi connectivity index (χ4v) is 3.18. The molecule has 0 atom stereocenters. The third-order valence-electron chi connectivity index (χ3n) is 3.54. The molecule has 1 saturated carbocycles. The van der Waals surface area contributed by atoms with Gasteiger partial charge in [0, 0.05) is 13.6 Å². The highest BCUT2D eigenvalue weighted by Crippen LogP contribution is 2.49. The molecule has 0 spiro atoms. The first-order valence-corrected chi connectivity index (χ1v) is 7.99. The van der Waals surface area contributed by atoms with Gasteiger partial charge >= 0.3 is 0 Å². The van der Waals surface area contributed by atoms with Gasteiger partial charge in [-0.1, -0.05) is 13.3 Å². The van der Waals surface area contributed by atoms with Crippen molar-refractivity contribution in [2.24, 2.45) is 5.41 Å². The van der Waals surface area contributed by atoms with Gasteiger partial charge in [-0.3, -0.25) is 0 Å². The Morgan fingerprint density at radius 1 is 1.32 bits per heavy atom. The number of nitrogens with zero attached hydrogens (tertiary/aromatic N) is 2. The Labute approximate surface area is 114 Å². The molecule has 7 heteroatoms.